The summed E-state index contributed by atoms with van der Waals surface area (Å²) in [5.74, 6) is 0.612. The van der Waals surface area contributed by atoms with Gasteiger partial charge in [-0.25, -0.2) is 13.1 Å². The lowest BCUT2D eigenvalue weighted by atomic mass is 10.1. The third-order valence-electron chi connectivity index (χ3n) is 3.92. The molecule has 2 unspecified atom stereocenters. The number of hydrogen-bond donors (Lipinski definition) is 2. The highest BCUT2D eigenvalue weighted by Gasteiger charge is 2.26. The van der Waals surface area contributed by atoms with Crippen molar-refractivity contribution < 1.29 is 8.42 Å². The van der Waals surface area contributed by atoms with Crippen LogP contribution in [0.5, 0.6) is 0 Å². The van der Waals surface area contributed by atoms with Crippen molar-refractivity contribution in [2.24, 2.45) is 11.7 Å². The van der Waals surface area contributed by atoms with E-state index in [1.165, 1.54) is 0 Å². The molecular formula is C15H24N2O2S. The van der Waals surface area contributed by atoms with E-state index in [9.17, 15) is 8.42 Å². The summed E-state index contributed by atoms with van der Waals surface area (Å²) in [5, 5.41) is 0. The molecule has 1 aliphatic rings. The topological polar surface area (TPSA) is 72.2 Å². The van der Waals surface area contributed by atoms with Gasteiger partial charge < -0.3 is 5.73 Å². The van der Waals surface area contributed by atoms with Gasteiger partial charge in [0, 0.05) is 6.04 Å². The molecule has 3 N–H and O–H groups in total. The van der Waals surface area contributed by atoms with Crippen molar-refractivity contribution in [1.82, 2.24) is 4.72 Å². The minimum Gasteiger partial charge on any atom is -0.330 e. The smallest absolute Gasteiger partial charge is 0.240 e. The quantitative estimate of drug-likeness (QED) is 0.844. The summed E-state index contributed by atoms with van der Waals surface area (Å²) in [4.78, 5) is 0.355. The van der Waals surface area contributed by atoms with E-state index < -0.39 is 10.0 Å². The SMILES string of the molecule is CC1CCC(NS(=O)(=O)c2ccc(CCCN)cc2)C1. The van der Waals surface area contributed by atoms with Crippen molar-refractivity contribution in [2.75, 3.05) is 6.54 Å². The Balaban J connectivity index is 2.01. The van der Waals surface area contributed by atoms with Crippen LogP contribution in [0.3, 0.4) is 0 Å². The van der Waals surface area contributed by atoms with Crippen LogP contribution in [0.15, 0.2) is 29.2 Å². The minimum atomic E-state index is -3.38. The summed E-state index contributed by atoms with van der Waals surface area (Å²) < 4.78 is 27.4. The molecule has 2 rings (SSSR count). The summed E-state index contributed by atoms with van der Waals surface area (Å²) in [7, 11) is -3.38. The molecule has 2 atom stereocenters. The van der Waals surface area contributed by atoms with Gasteiger partial charge in [0.05, 0.1) is 4.90 Å². The zero-order chi connectivity index (χ0) is 14.6. The number of rotatable bonds is 6. The maximum atomic E-state index is 12.3. The summed E-state index contributed by atoms with van der Waals surface area (Å²) >= 11 is 0. The number of hydrogen-bond acceptors (Lipinski definition) is 3. The molecule has 0 saturated heterocycles. The molecule has 0 amide bonds. The monoisotopic (exact) mass is 296 g/mol. The Hall–Kier alpha value is -0.910. The van der Waals surface area contributed by atoms with Crippen LogP contribution in [0.4, 0.5) is 0 Å². The van der Waals surface area contributed by atoms with E-state index in [1.807, 2.05) is 12.1 Å². The molecule has 0 aliphatic heterocycles. The van der Waals surface area contributed by atoms with Crippen LogP contribution < -0.4 is 10.5 Å². The van der Waals surface area contributed by atoms with Gasteiger partial charge in [-0.1, -0.05) is 19.1 Å². The number of aryl methyl sites for hydroxylation is 1. The number of benzene rings is 1. The maximum Gasteiger partial charge on any atom is 0.240 e. The van der Waals surface area contributed by atoms with E-state index in [4.69, 9.17) is 5.73 Å². The zero-order valence-corrected chi connectivity index (χ0v) is 12.8. The highest BCUT2D eigenvalue weighted by Crippen LogP contribution is 2.26. The average Bonchev–Trinajstić information content (AvgIpc) is 2.81. The van der Waals surface area contributed by atoms with Crippen LogP contribution in [-0.4, -0.2) is 21.0 Å². The molecule has 5 heteroatoms. The molecule has 0 heterocycles. The first kappa shape index (κ1) is 15.5. The molecule has 1 aromatic carbocycles. The van der Waals surface area contributed by atoms with Crippen molar-refractivity contribution in [2.45, 2.75) is 50.0 Å². The van der Waals surface area contributed by atoms with E-state index >= 15 is 0 Å². The Kier molecular flexibility index (Phi) is 5.18. The van der Waals surface area contributed by atoms with Gasteiger partial charge in [0.25, 0.3) is 0 Å². The molecule has 0 radical (unpaired) electrons. The van der Waals surface area contributed by atoms with Crippen LogP contribution in [0.25, 0.3) is 0 Å². The van der Waals surface area contributed by atoms with E-state index in [1.54, 1.807) is 12.1 Å². The highest BCUT2D eigenvalue weighted by molar-refractivity contribution is 7.89. The van der Waals surface area contributed by atoms with Crippen LogP contribution in [0.1, 0.15) is 38.2 Å². The molecule has 1 aromatic rings. The van der Waals surface area contributed by atoms with Crippen molar-refractivity contribution >= 4 is 10.0 Å². The Morgan fingerprint density at radius 1 is 1.25 bits per heavy atom. The minimum absolute atomic E-state index is 0.0897. The van der Waals surface area contributed by atoms with Gasteiger partial charge in [0.15, 0.2) is 0 Å². The van der Waals surface area contributed by atoms with E-state index in [0.717, 1.165) is 37.7 Å². The molecule has 0 bridgehead atoms. The third kappa shape index (κ3) is 4.04. The predicted molar refractivity (Wildman–Crippen MR) is 80.9 cm³/mol. The Morgan fingerprint density at radius 3 is 2.50 bits per heavy atom. The summed E-state index contributed by atoms with van der Waals surface area (Å²) in [5.41, 5.74) is 6.60. The van der Waals surface area contributed by atoms with Crippen LogP contribution in [0.2, 0.25) is 0 Å². The molecule has 112 valence electrons. The zero-order valence-electron chi connectivity index (χ0n) is 12.0. The molecule has 0 spiro atoms. The Labute approximate surface area is 121 Å². The summed E-state index contributed by atoms with van der Waals surface area (Å²) in [6, 6.07) is 7.22. The second kappa shape index (κ2) is 6.70. The lowest BCUT2D eigenvalue weighted by molar-refractivity contribution is 0.538. The standard InChI is InChI=1S/C15H24N2O2S/c1-12-4-7-14(11-12)17-20(18,19)15-8-5-13(6-9-15)3-2-10-16/h5-6,8-9,12,14,17H,2-4,7,10-11,16H2,1H3. The Bertz CT molecular complexity index is 525. The lowest BCUT2D eigenvalue weighted by Crippen LogP contribution is -2.32. The van der Waals surface area contributed by atoms with Crippen LogP contribution in [0, 0.1) is 5.92 Å². The molecule has 1 aliphatic carbocycles. The molecule has 4 nitrogen and oxygen atoms in total. The lowest BCUT2D eigenvalue weighted by Gasteiger charge is -2.13. The van der Waals surface area contributed by atoms with Gasteiger partial charge in [0.1, 0.15) is 0 Å². The predicted octanol–water partition coefficient (Wildman–Crippen LogP) is 2.04. The van der Waals surface area contributed by atoms with Crippen molar-refractivity contribution in [3.8, 4) is 0 Å². The van der Waals surface area contributed by atoms with Gasteiger partial charge in [-0.3, -0.25) is 0 Å². The van der Waals surface area contributed by atoms with Gasteiger partial charge >= 0.3 is 0 Å². The first-order valence-electron chi connectivity index (χ1n) is 7.32. The molecule has 1 saturated carbocycles. The molecule has 20 heavy (non-hydrogen) atoms. The average molecular weight is 296 g/mol. The van der Waals surface area contributed by atoms with E-state index in [2.05, 4.69) is 11.6 Å². The molecule has 1 fully saturated rings. The third-order valence-corrected chi connectivity index (χ3v) is 5.46. The fourth-order valence-corrected chi connectivity index (χ4v) is 4.03. The first-order chi connectivity index (χ1) is 9.51. The largest absolute Gasteiger partial charge is 0.330 e. The molecular weight excluding hydrogens is 272 g/mol. The fraction of sp³-hybridized carbons (Fsp3) is 0.600. The number of sulfonamides is 1. The van der Waals surface area contributed by atoms with Gasteiger partial charge in [-0.05, 0) is 62.3 Å². The maximum absolute atomic E-state index is 12.3. The number of nitrogens with two attached hydrogens (primary N) is 1. The van der Waals surface area contributed by atoms with Crippen molar-refractivity contribution in [1.29, 1.82) is 0 Å². The Morgan fingerprint density at radius 2 is 1.95 bits per heavy atom. The van der Waals surface area contributed by atoms with Gasteiger partial charge in [0.2, 0.25) is 10.0 Å². The normalized spacial score (nSPS) is 23.1. The second-order valence-electron chi connectivity index (χ2n) is 5.77. The van der Waals surface area contributed by atoms with Crippen LogP contribution >= 0.6 is 0 Å². The first-order valence-corrected chi connectivity index (χ1v) is 8.81. The van der Waals surface area contributed by atoms with Gasteiger partial charge in [-0.2, -0.15) is 0 Å². The van der Waals surface area contributed by atoms with E-state index in [-0.39, 0.29) is 6.04 Å². The number of nitrogens with one attached hydrogen (secondary N) is 1. The van der Waals surface area contributed by atoms with Crippen LogP contribution in [-0.2, 0) is 16.4 Å². The summed E-state index contributed by atoms with van der Waals surface area (Å²) in [6.45, 7) is 2.82. The van der Waals surface area contributed by atoms with Crippen molar-refractivity contribution in [3.05, 3.63) is 29.8 Å². The van der Waals surface area contributed by atoms with Gasteiger partial charge in [-0.15, -0.1) is 0 Å². The van der Waals surface area contributed by atoms with Crippen molar-refractivity contribution in [3.63, 3.8) is 0 Å². The fourth-order valence-electron chi connectivity index (χ4n) is 2.74. The highest BCUT2D eigenvalue weighted by atomic mass is 32.2. The molecule has 0 aromatic heterocycles. The second-order valence-corrected chi connectivity index (χ2v) is 7.49. The summed E-state index contributed by atoms with van der Waals surface area (Å²) in [6.07, 6.45) is 4.79. The van der Waals surface area contributed by atoms with E-state index in [0.29, 0.717) is 17.4 Å².